The minimum absolute atomic E-state index is 0.00830. The molecule has 2 heterocycles. The fourth-order valence-corrected chi connectivity index (χ4v) is 4.05. The van der Waals surface area contributed by atoms with Crippen molar-refractivity contribution in [2.75, 3.05) is 30.7 Å². The average Bonchev–Trinajstić information content (AvgIpc) is 2.72. The zero-order valence-electron chi connectivity index (χ0n) is 16.4. The van der Waals surface area contributed by atoms with Crippen LogP contribution in [0.5, 0.6) is 0 Å². The van der Waals surface area contributed by atoms with Crippen LogP contribution in [-0.2, 0) is 19.6 Å². The van der Waals surface area contributed by atoms with Crippen LogP contribution in [0.3, 0.4) is 0 Å². The molecule has 0 spiro atoms. The van der Waals surface area contributed by atoms with Crippen LogP contribution >= 0.6 is 0 Å². The summed E-state index contributed by atoms with van der Waals surface area (Å²) in [5.41, 5.74) is -0.576. The molecule has 166 valence electrons. The number of allylic oxidation sites excluding steroid dienone is 2. The molecule has 0 saturated heterocycles. The van der Waals surface area contributed by atoms with Crippen LogP contribution in [0.15, 0.2) is 40.5 Å². The fraction of sp³-hybridized carbons (Fsp3) is 0.316. The monoisotopic (exact) mass is 456 g/mol. The van der Waals surface area contributed by atoms with E-state index in [2.05, 4.69) is 9.71 Å². The van der Waals surface area contributed by atoms with Crippen molar-refractivity contribution in [3.05, 3.63) is 53.5 Å². The van der Waals surface area contributed by atoms with Gasteiger partial charge in [0.15, 0.2) is 23.3 Å². The third-order valence-electron chi connectivity index (χ3n) is 4.51. The third kappa shape index (κ3) is 4.95. The van der Waals surface area contributed by atoms with Crippen LogP contribution in [-0.4, -0.2) is 61.3 Å². The summed E-state index contributed by atoms with van der Waals surface area (Å²) in [6.45, 7) is 1.50. The first-order valence-electron chi connectivity index (χ1n) is 9.33. The second-order valence-electron chi connectivity index (χ2n) is 6.81. The summed E-state index contributed by atoms with van der Waals surface area (Å²) < 4.78 is 67.7. The highest BCUT2D eigenvalue weighted by atomic mass is 32.2. The summed E-state index contributed by atoms with van der Waals surface area (Å²) >= 11 is 0. The number of benzene rings is 1. The SMILES string of the molecule is CCCN(CC(=O)Nc1ccc(F)c(F)c1F)C(=O)C1=CC=CN2CCS(=O)(=O)N=C12. The lowest BCUT2D eigenvalue weighted by atomic mass is 10.1. The van der Waals surface area contributed by atoms with Gasteiger partial charge in [-0.3, -0.25) is 9.59 Å². The van der Waals surface area contributed by atoms with Crippen molar-refractivity contribution in [3.63, 3.8) is 0 Å². The Balaban J connectivity index is 1.80. The normalized spacial score (nSPS) is 16.8. The molecule has 0 atom stereocenters. The molecule has 0 aliphatic carbocycles. The first-order chi connectivity index (χ1) is 14.6. The molecule has 8 nitrogen and oxygen atoms in total. The van der Waals surface area contributed by atoms with E-state index in [9.17, 15) is 31.2 Å². The maximum Gasteiger partial charge on any atom is 0.258 e. The molecule has 2 aliphatic heterocycles. The highest BCUT2D eigenvalue weighted by Crippen LogP contribution is 2.21. The van der Waals surface area contributed by atoms with Crippen molar-refractivity contribution in [3.8, 4) is 0 Å². The van der Waals surface area contributed by atoms with E-state index < -0.39 is 51.5 Å². The molecule has 1 aromatic rings. The van der Waals surface area contributed by atoms with Crippen LogP contribution in [0.4, 0.5) is 18.9 Å². The van der Waals surface area contributed by atoms with Gasteiger partial charge in [-0.05, 0) is 30.7 Å². The molecule has 2 amide bonds. The zero-order chi connectivity index (χ0) is 22.8. The van der Waals surface area contributed by atoms with Crippen molar-refractivity contribution in [2.24, 2.45) is 4.40 Å². The van der Waals surface area contributed by atoms with E-state index in [0.29, 0.717) is 12.5 Å². The number of rotatable bonds is 6. The predicted octanol–water partition coefficient (Wildman–Crippen LogP) is 1.78. The molecule has 0 bridgehead atoms. The molecular formula is C19H19F3N4O4S. The van der Waals surface area contributed by atoms with Gasteiger partial charge in [-0.2, -0.15) is 0 Å². The minimum atomic E-state index is -3.72. The molecular weight excluding hydrogens is 437 g/mol. The minimum Gasteiger partial charge on any atom is -0.331 e. The molecule has 0 fully saturated rings. The van der Waals surface area contributed by atoms with Gasteiger partial charge in [0.2, 0.25) is 5.91 Å². The average molecular weight is 456 g/mol. The molecule has 3 rings (SSSR count). The number of fused-ring (bicyclic) bond motifs is 1. The molecule has 2 aliphatic rings. The lowest BCUT2D eigenvalue weighted by molar-refractivity contribution is -0.131. The maximum atomic E-state index is 13.8. The standard InChI is InChI=1S/C19H19F3N4O4S/c1-2-7-26(11-15(27)23-14-6-5-13(20)16(21)17(14)22)19(28)12-4-3-8-25-9-10-31(29,30)24-18(12)25/h3-6,8H,2,7,9-11H2,1H3,(H,23,27). The summed E-state index contributed by atoms with van der Waals surface area (Å²) in [7, 11) is -3.72. The van der Waals surface area contributed by atoms with Crippen molar-refractivity contribution in [1.29, 1.82) is 0 Å². The van der Waals surface area contributed by atoms with Gasteiger partial charge in [-0.15, -0.1) is 4.40 Å². The van der Waals surface area contributed by atoms with Crippen LogP contribution in [0.2, 0.25) is 0 Å². The molecule has 0 aromatic heterocycles. The third-order valence-corrected chi connectivity index (χ3v) is 5.66. The Hall–Kier alpha value is -3.15. The molecule has 0 unspecified atom stereocenters. The van der Waals surface area contributed by atoms with Gasteiger partial charge < -0.3 is 15.1 Å². The van der Waals surface area contributed by atoms with Crippen LogP contribution in [0.25, 0.3) is 0 Å². The molecule has 12 heteroatoms. The van der Waals surface area contributed by atoms with Gasteiger partial charge in [0.1, 0.15) is 6.54 Å². The summed E-state index contributed by atoms with van der Waals surface area (Å²) in [6, 6.07) is 1.53. The molecule has 0 radical (unpaired) electrons. The predicted molar refractivity (Wildman–Crippen MR) is 107 cm³/mol. The Kier molecular flexibility index (Phi) is 6.48. The first kappa shape index (κ1) is 22.5. The molecule has 0 saturated carbocycles. The Morgan fingerprint density at radius 1 is 1.23 bits per heavy atom. The highest BCUT2D eigenvalue weighted by Gasteiger charge is 2.32. The number of anilines is 1. The quantitative estimate of drug-likeness (QED) is 0.658. The van der Waals surface area contributed by atoms with Gasteiger partial charge in [-0.1, -0.05) is 6.92 Å². The summed E-state index contributed by atoms with van der Waals surface area (Å²) in [6.07, 6.45) is 5.02. The number of carbonyl (C=O) groups is 2. The largest absolute Gasteiger partial charge is 0.331 e. The Morgan fingerprint density at radius 2 is 1.97 bits per heavy atom. The van der Waals surface area contributed by atoms with Crippen LogP contribution in [0.1, 0.15) is 13.3 Å². The number of sulfonamides is 1. The van der Waals surface area contributed by atoms with Crippen molar-refractivity contribution in [2.45, 2.75) is 13.3 Å². The number of amides is 2. The Morgan fingerprint density at radius 3 is 2.68 bits per heavy atom. The number of amidine groups is 1. The number of halogens is 3. The van der Waals surface area contributed by atoms with Gasteiger partial charge in [-0.25, -0.2) is 21.6 Å². The second kappa shape index (κ2) is 8.92. The van der Waals surface area contributed by atoms with Crippen molar-refractivity contribution < 1.29 is 31.2 Å². The van der Waals surface area contributed by atoms with Crippen molar-refractivity contribution in [1.82, 2.24) is 9.80 Å². The Labute approximate surface area is 176 Å². The molecule has 31 heavy (non-hydrogen) atoms. The first-order valence-corrected chi connectivity index (χ1v) is 10.9. The van der Waals surface area contributed by atoms with Crippen molar-refractivity contribution >= 4 is 33.4 Å². The number of hydrogen-bond acceptors (Lipinski definition) is 5. The number of nitrogens with one attached hydrogen (secondary N) is 1. The van der Waals surface area contributed by atoms with E-state index >= 15 is 0 Å². The summed E-state index contributed by atoms with van der Waals surface area (Å²) in [5, 5.41) is 2.11. The van der Waals surface area contributed by atoms with E-state index in [-0.39, 0.29) is 30.3 Å². The number of carbonyl (C=O) groups excluding carboxylic acids is 2. The van der Waals surface area contributed by atoms with E-state index in [1.807, 2.05) is 0 Å². The van der Waals surface area contributed by atoms with Crippen LogP contribution < -0.4 is 5.32 Å². The second-order valence-corrected chi connectivity index (χ2v) is 8.57. The van der Waals surface area contributed by atoms with Gasteiger partial charge >= 0.3 is 0 Å². The van der Waals surface area contributed by atoms with E-state index in [4.69, 9.17) is 0 Å². The Bertz CT molecular complexity index is 1120. The molecule has 1 N–H and O–H groups in total. The smallest absolute Gasteiger partial charge is 0.258 e. The summed E-state index contributed by atoms with van der Waals surface area (Å²) in [4.78, 5) is 28.1. The van der Waals surface area contributed by atoms with E-state index in [1.54, 1.807) is 19.2 Å². The lowest BCUT2D eigenvalue weighted by Crippen LogP contribution is -2.45. The number of hydrogen-bond donors (Lipinski definition) is 1. The number of nitrogens with zero attached hydrogens (tertiary/aromatic N) is 3. The van der Waals surface area contributed by atoms with Crippen LogP contribution in [0, 0.1) is 17.5 Å². The van der Waals surface area contributed by atoms with E-state index in [0.717, 1.165) is 11.0 Å². The zero-order valence-corrected chi connectivity index (χ0v) is 17.3. The lowest BCUT2D eigenvalue weighted by Gasteiger charge is -2.31. The topological polar surface area (TPSA) is 99.1 Å². The highest BCUT2D eigenvalue weighted by molar-refractivity contribution is 7.90. The van der Waals surface area contributed by atoms with E-state index in [1.165, 1.54) is 11.0 Å². The van der Waals surface area contributed by atoms with Gasteiger partial charge in [0.05, 0.1) is 17.0 Å². The summed E-state index contributed by atoms with van der Waals surface area (Å²) in [5.74, 6) is -6.39. The maximum absolute atomic E-state index is 13.8. The molecule has 1 aromatic carbocycles. The van der Waals surface area contributed by atoms with Gasteiger partial charge in [0.25, 0.3) is 15.9 Å². The van der Waals surface area contributed by atoms with Gasteiger partial charge in [0, 0.05) is 19.3 Å². The fourth-order valence-electron chi connectivity index (χ4n) is 3.06.